The van der Waals surface area contributed by atoms with Gasteiger partial charge in [-0.3, -0.25) is 4.79 Å². The summed E-state index contributed by atoms with van der Waals surface area (Å²) in [4.78, 5) is 14.2. The Morgan fingerprint density at radius 3 is 3.06 bits per heavy atom. The van der Waals surface area contributed by atoms with Gasteiger partial charge < -0.3 is 15.0 Å². The Bertz CT molecular complexity index is 252. The van der Waals surface area contributed by atoms with Crippen LogP contribution in [0.15, 0.2) is 0 Å². The number of nitrogens with zero attached hydrogens (tertiary/aromatic N) is 1. The highest BCUT2D eigenvalue weighted by atomic mass is 16.5. The summed E-state index contributed by atoms with van der Waals surface area (Å²) in [5.41, 5.74) is 0. The number of amides is 1. The second-order valence-electron chi connectivity index (χ2n) is 5.35. The van der Waals surface area contributed by atoms with Crippen LogP contribution < -0.4 is 5.32 Å². The molecule has 4 nitrogen and oxygen atoms in total. The van der Waals surface area contributed by atoms with Crippen LogP contribution in [0.3, 0.4) is 0 Å². The van der Waals surface area contributed by atoms with Crippen molar-refractivity contribution < 1.29 is 9.53 Å². The van der Waals surface area contributed by atoms with E-state index in [1.807, 2.05) is 4.90 Å². The lowest BCUT2D eigenvalue weighted by Gasteiger charge is -2.27. The zero-order chi connectivity index (χ0) is 12.1. The molecule has 0 aromatic carbocycles. The van der Waals surface area contributed by atoms with E-state index in [-0.39, 0.29) is 6.04 Å². The van der Waals surface area contributed by atoms with Gasteiger partial charge in [0.2, 0.25) is 5.91 Å². The molecule has 2 atom stereocenters. The Labute approximate surface area is 104 Å². The SMILES string of the molecule is CC1CCCN(C(=O)CC2COCCN2)CC1. The van der Waals surface area contributed by atoms with Crippen LogP contribution in [-0.2, 0) is 9.53 Å². The highest BCUT2D eigenvalue weighted by molar-refractivity contribution is 5.76. The van der Waals surface area contributed by atoms with E-state index < -0.39 is 0 Å². The first kappa shape index (κ1) is 12.8. The summed E-state index contributed by atoms with van der Waals surface area (Å²) < 4.78 is 5.38. The van der Waals surface area contributed by atoms with E-state index in [0.29, 0.717) is 18.9 Å². The van der Waals surface area contributed by atoms with Crippen molar-refractivity contribution in [2.45, 2.75) is 38.6 Å². The minimum atomic E-state index is 0.219. The van der Waals surface area contributed by atoms with Gasteiger partial charge in [0, 0.05) is 32.1 Å². The summed E-state index contributed by atoms with van der Waals surface area (Å²) in [6.45, 7) is 6.48. The average molecular weight is 240 g/mol. The molecule has 4 heteroatoms. The molecule has 0 spiro atoms. The average Bonchev–Trinajstić information content (AvgIpc) is 2.55. The van der Waals surface area contributed by atoms with Gasteiger partial charge in [-0.2, -0.15) is 0 Å². The normalized spacial score (nSPS) is 31.0. The predicted octanol–water partition coefficient (Wildman–Crippen LogP) is 1.01. The van der Waals surface area contributed by atoms with Crippen LogP contribution in [0.5, 0.6) is 0 Å². The molecule has 1 amide bonds. The molecule has 1 N–H and O–H groups in total. The molecule has 2 aliphatic heterocycles. The molecular formula is C13H24N2O2. The fourth-order valence-corrected chi connectivity index (χ4v) is 2.60. The third kappa shape index (κ3) is 3.96. The molecule has 98 valence electrons. The van der Waals surface area contributed by atoms with Crippen molar-refractivity contribution in [2.24, 2.45) is 5.92 Å². The van der Waals surface area contributed by atoms with Crippen molar-refractivity contribution >= 4 is 5.91 Å². The van der Waals surface area contributed by atoms with Gasteiger partial charge in [0.1, 0.15) is 0 Å². The highest BCUT2D eigenvalue weighted by Gasteiger charge is 2.22. The minimum absolute atomic E-state index is 0.219. The number of hydrogen-bond acceptors (Lipinski definition) is 3. The van der Waals surface area contributed by atoms with E-state index in [9.17, 15) is 4.79 Å². The molecule has 0 bridgehead atoms. The quantitative estimate of drug-likeness (QED) is 0.783. The lowest BCUT2D eigenvalue weighted by atomic mass is 10.0. The van der Waals surface area contributed by atoms with E-state index in [1.54, 1.807) is 0 Å². The zero-order valence-electron chi connectivity index (χ0n) is 10.8. The molecule has 2 rings (SSSR count). The van der Waals surface area contributed by atoms with Crippen LogP contribution in [-0.4, -0.2) is 49.7 Å². The third-order valence-electron chi connectivity index (χ3n) is 3.79. The van der Waals surface area contributed by atoms with Crippen LogP contribution in [0.1, 0.15) is 32.6 Å². The number of carbonyl (C=O) groups is 1. The largest absolute Gasteiger partial charge is 0.378 e. The van der Waals surface area contributed by atoms with Crippen LogP contribution in [0.25, 0.3) is 0 Å². The first-order valence-corrected chi connectivity index (χ1v) is 6.84. The van der Waals surface area contributed by atoms with E-state index in [2.05, 4.69) is 12.2 Å². The Balaban J connectivity index is 1.77. The van der Waals surface area contributed by atoms with Gasteiger partial charge in [0.25, 0.3) is 0 Å². The molecule has 0 aliphatic carbocycles. The van der Waals surface area contributed by atoms with Gasteiger partial charge in [-0.25, -0.2) is 0 Å². The van der Waals surface area contributed by atoms with Gasteiger partial charge >= 0.3 is 0 Å². The van der Waals surface area contributed by atoms with Crippen molar-refractivity contribution in [3.05, 3.63) is 0 Å². The Kier molecular flexibility index (Phi) is 4.80. The Morgan fingerprint density at radius 1 is 1.41 bits per heavy atom. The smallest absolute Gasteiger partial charge is 0.224 e. The second-order valence-corrected chi connectivity index (χ2v) is 5.35. The van der Waals surface area contributed by atoms with Crippen LogP contribution in [0.4, 0.5) is 0 Å². The zero-order valence-corrected chi connectivity index (χ0v) is 10.8. The highest BCUT2D eigenvalue weighted by Crippen LogP contribution is 2.17. The molecule has 17 heavy (non-hydrogen) atoms. The van der Waals surface area contributed by atoms with Gasteiger partial charge in [-0.15, -0.1) is 0 Å². The fourth-order valence-electron chi connectivity index (χ4n) is 2.60. The Morgan fingerprint density at radius 2 is 2.29 bits per heavy atom. The van der Waals surface area contributed by atoms with Crippen molar-refractivity contribution in [3.8, 4) is 0 Å². The number of hydrogen-bond donors (Lipinski definition) is 1. The lowest BCUT2D eigenvalue weighted by molar-refractivity contribution is -0.132. The van der Waals surface area contributed by atoms with Crippen molar-refractivity contribution in [2.75, 3.05) is 32.8 Å². The van der Waals surface area contributed by atoms with E-state index in [0.717, 1.165) is 45.0 Å². The molecule has 2 saturated heterocycles. The number of rotatable bonds is 2. The molecule has 2 aliphatic rings. The van der Waals surface area contributed by atoms with Gasteiger partial charge in [0.05, 0.1) is 13.2 Å². The van der Waals surface area contributed by atoms with Crippen molar-refractivity contribution in [3.63, 3.8) is 0 Å². The van der Waals surface area contributed by atoms with Crippen LogP contribution in [0.2, 0.25) is 0 Å². The van der Waals surface area contributed by atoms with Gasteiger partial charge in [-0.05, 0) is 25.2 Å². The number of carbonyl (C=O) groups excluding carboxylic acids is 1. The molecule has 2 heterocycles. The number of ether oxygens (including phenoxy) is 1. The number of likely N-dealkylation sites (tertiary alicyclic amines) is 1. The maximum absolute atomic E-state index is 12.2. The first-order chi connectivity index (χ1) is 8.25. The van der Waals surface area contributed by atoms with Crippen molar-refractivity contribution in [1.29, 1.82) is 0 Å². The minimum Gasteiger partial charge on any atom is -0.378 e. The third-order valence-corrected chi connectivity index (χ3v) is 3.79. The summed E-state index contributed by atoms with van der Waals surface area (Å²) >= 11 is 0. The molecule has 2 fully saturated rings. The molecule has 0 saturated carbocycles. The molecule has 0 aromatic heterocycles. The van der Waals surface area contributed by atoms with Crippen LogP contribution >= 0.6 is 0 Å². The fraction of sp³-hybridized carbons (Fsp3) is 0.923. The molecule has 2 unspecified atom stereocenters. The molecule has 0 radical (unpaired) electrons. The first-order valence-electron chi connectivity index (χ1n) is 6.84. The summed E-state index contributed by atoms with van der Waals surface area (Å²) in [6, 6.07) is 0.219. The maximum Gasteiger partial charge on any atom is 0.224 e. The molecule has 0 aromatic rings. The van der Waals surface area contributed by atoms with E-state index >= 15 is 0 Å². The summed E-state index contributed by atoms with van der Waals surface area (Å²) in [5.74, 6) is 1.06. The van der Waals surface area contributed by atoms with Crippen molar-refractivity contribution in [1.82, 2.24) is 10.2 Å². The van der Waals surface area contributed by atoms with Gasteiger partial charge in [0.15, 0.2) is 0 Å². The van der Waals surface area contributed by atoms with E-state index in [4.69, 9.17) is 4.74 Å². The maximum atomic E-state index is 12.2. The standard InChI is InChI=1S/C13H24N2O2/c1-11-3-2-6-15(7-4-11)13(16)9-12-10-17-8-5-14-12/h11-12,14H,2-10H2,1H3. The summed E-state index contributed by atoms with van der Waals surface area (Å²) in [5, 5.41) is 3.34. The predicted molar refractivity (Wildman–Crippen MR) is 66.8 cm³/mol. The number of nitrogens with one attached hydrogen (secondary N) is 1. The second kappa shape index (κ2) is 6.36. The van der Waals surface area contributed by atoms with E-state index in [1.165, 1.54) is 6.42 Å². The van der Waals surface area contributed by atoms with Gasteiger partial charge in [-0.1, -0.05) is 6.92 Å². The Hall–Kier alpha value is -0.610. The topological polar surface area (TPSA) is 41.6 Å². The summed E-state index contributed by atoms with van der Waals surface area (Å²) in [6.07, 6.45) is 4.16. The number of morpholine rings is 1. The molecular weight excluding hydrogens is 216 g/mol. The monoisotopic (exact) mass is 240 g/mol. The lowest BCUT2D eigenvalue weighted by Crippen LogP contribution is -2.45. The van der Waals surface area contributed by atoms with Crippen LogP contribution in [0, 0.1) is 5.92 Å². The summed E-state index contributed by atoms with van der Waals surface area (Å²) in [7, 11) is 0.